The first-order valence-corrected chi connectivity index (χ1v) is 6.38. The number of ketones is 1. The Morgan fingerprint density at radius 3 is 2.52 bits per heavy atom. The highest BCUT2D eigenvalue weighted by Crippen LogP contribution is 2.21. The summed E-state index contributed by atoms with van der Waals surface area (Å²) in [5.41, 5.74) is -0.566. The molecule has 0 bridgehead atoms. The number of halogens is 4. The molecule has 0 N–H and O–H groups in total. The van der Waals surface area contributed by atoms with Crippen LogP contribution in [0.3, 0.4) is 0 Å². The molecule has 1 atom stereocenters. The lowest BCUT2D eigenvalue weighted by atomic mass is 10.1. The maximum Gasteiger partial charge on any atom is 0.206 e. The van der Waals surface area contributed by atoms with Crippen molar-refractivity contribution in [2.45, 2.75) is 13.0 Å². The van der Waals surface area contributed by atoms with Gasteiger partial charge in [0.2, 0.25) is 5.78 Å². The van der Waals surface area contributed by atoms with Gasteiger partial charge in [-0.15, -0.1) is 0 Å². The minimum Gasteiger partial charge on any atom is -0.483 e. The summed E-state index contributed by atoms with van der Waals surface area (Å²) >= 11 is 5.77. The predicted octanol–water partition coefficient (Wildman–Crippen LogP) is 4.41. The molecule has 2 aromatic rings. The molecule has 0 aliphatic carbocycles. The maximum atomic E-state index is 13.6. The molecule has 0 radical (unpaired) electrons. The second kappa shape index (κ2) is 6.18. The number of hydrogen-bond donors (Lipinski definition) is 0. The fraction of sp³-hybridized carbons (Fsp3) is 0.133. The van der Waals surface area contributed by atoms with Crippen LogP contribution in [-0.2, 0) is 0 Å². The van der Waals surface area contributed by atoms with Crippen LogP contribution in [0.1, 0.15) is 17.3 Å². The van der Waals surface area contributed by atoms with Gasteiger partial charge in [-0.25, -0.2) is 13.2 Å². The molecule has 0 aromatic heterocycles. The van der Waals surface area contributed by atoms with Gasteiger partial charge in [-0.1, -0.05) is 17.7 Å². The zero-order valence-corrected chi connectivity index (χ0v) is 11.6. The van der Waals surface area contributed by atoms with E-state index in [2.05, 4.69) is 0 Å². The van der Waals surface area contributed by atoms with Crippen molar-refractivity contribution in [3.63, 3.8) is 0 Å². The summed E-state index contributed by atoms with van der Waals surface area (Å²) in [5.74, 6) is -5.05. The summed E-state index contributed by atoms with van der Waals surface area (Å²) in [6.45, 7) is 1.38. The van der Waals surface area contributed by atoms with Gasteiger partial charge in [-0.3, -0.25) is 4.79 Å². The van der Waals surface area contributed by atoms with E-state index < -0.39 is 34.9 Å². The van der Waals surface area contributed by atoms with Crippen molar-refractivity contribution >= 4 is 17.4 Å². The van der Waals surface area contributed by atoms with Crippen LogP contribution < -0.4 is 4.74 Å². The van der Waals surface area contributed by atoms with Crippen LogP contribution in [0.15, 0.2) is 36.4 Å². The first-order valence-electron chi connectivity index (χ1n) is 6.00. The molecule has 21 heavy (non-hydrogen) atoms. The van der Waals surface area contributed by atoms with Gasteiger partial charge in [0.25, 0.3) is 0 Å². The zero-order chi connectivity index (χ0) is 15.6. The standard InChI is InChI=1S/C15H10ClF3O2/c1-8(21-10-4-2-3-9(16)7-10)15(20)11-5-6-12(17)14(19)13(11)18/h2-8H,1H3. The summed E-state index contributed by atoms with van der Waals surface area (Å²) in [6, 6.07) is 7.86. The van der Waals surface area contributed by atoms with E-state index in [1.54, 1.807) is 18.2 Å². The Bertz CT molecular complexity index is 689. The molecular formula is C15H10ClF3O2. The number of Topliss-reactive ketones (excluding diaryl/α,β-unsaturated/α-hetero) is 1. The maximum absolute atomic E-state index is 13.6. The molecule has 0 fully saturated rings. The number of ether oxygens (including phenoxy) is 1. The lowest BCUT2D eigenvalue weighted by Crippen LogP contribution is -2.25. The molecule has 0 aliphatic rings. The summed E-state index contributed by atoms with van der Waals surface area (Å²) in [7, 11) is 0. The van der Waals surface area contributed by atoms with Crippen molar-refractivity contribution in [1.29, 1.82) is 0 Å². The number of carbonyl (C=O) groups is 1. The third kappa shape index (κ3) is 3.36. The molecule has 6 heteroatoms. The lowest BCUT2D eigenvalue weighted by Gasteiger charge is -2.14. The molecule has 0 amide bonds. The fourth-order valence-corrected chi connectivity index (χ4v) is 1.91. The molecule has 0 saturated heterocycles. The highest BCUT2D eigenvalue weighted by atomic mass is 35.5. The first-order chi connectivity index (χ1) is 9.90. The molecule has 110 valence electrons. The average Bonchev–Trinajstić information content (AvgIpc) is 2.44. The van der Waals surface area contributed by atoms with Crippen molar-refractivity contribution in [2.24, 2.45) is 0 Å². The summed E-state index contributed by atoms with van der Waals surface area (Å²) in [4.78, 5) is 12.0. The van der Waals surface area contributed by atoms with Crippen molar-refractivity contribution in [1.82, 2.24) is 0 Å². The lowest BCUT2D eigenvalue weighted by molar-refractivity contribution is 0.0812. The van der Waals surface area contributed by atoms with Crippen LogP contribution in [0, 0.1) is 17.5 Å². The molecule has 2 aromatic carbocycles. The normalized spacial score (nSPS) is 12.0. The van der Waals surface area contributed by atoms with Crippen LogP contribution in [-0.4, -0.2) is 11.9 Å². The fourth-order valence-electron chi connectivity index (χ4n) is 1.73. The third-order valence-electron chi connectivity index (χ3n) is 2.78. The smallest absolute Gasteiger partial charge is 0.206 e. The van der Waals surface area contributed by atoms with Crippen molar-refractivity contribution in [2.75, 3.05) is 0 Å². The van der Waals surface area contributed by atoms with Gasteiger partial charge in [0.05, 0.1) is 5.56 Å². The SMILES string of the molecule is CC(Oc1cccc(Cl)c1)C(=O)c1ccc(F)c(F)c1F. The largest absolute Gasteiger partial charge is 0.483 e. The second-order valence-corrected chi connectivity index (χ2v) is 4.74. The minimum absolute atomic E-state index is 0.311. The summed E-state index contributed by atoms with van der Waals surface area (Å²) < 4.78 is 44.9. The third-order valence-corrected chi connectivity index (χ3v) is 3.01. The Labute approximate surface area is 124 Å². The molecule has 2 nitrogen and oxygen atoms in total. The van der Waals surface area contributed by atoms with Crippen molar-refractivity contribution in [3.8, 4) is 5.75 Å². The summed E-state index contributed by atoms with van der Waals surface area (Å²) in [6.07, 6.45) is -1.08. The first kappa shape index (κ1) is 15.4. The molecule has 0 saturated carbocycles. The molecular weight excluding hydrogens is 305 g/mol. The quantitative estimate of drug-likeness (QED) is 0.617. The Morgan fingerprint density at radius 2 is 1.86 bits per heavy atom. The Morgan fingerprint density at radius 1 is 1.14 bits per heavy atom. The van der Waals surface area contributed by atoms with Gasteiger partial charge < -0.3 is 4.74 Å². The highest BCUT2D eigenvalue weighted by Gasteiger charge is 2.24. The van der Waals surface area contributed by atoms with E-state index in [0.29, 0.717) is 16.8 Å². The van der Waals surface area contributed by atoms with E-state index >= 15 is 0 Å². The van der Waals surface area contributed by atoms with Crippen molar-refractivity contribution in [3.05, 3.63) is 64.4 Å². The second-order valence-electron chi connectivity index (χ2n) is 4.30. The Kier molecular flexibility index (Phi) is 4.53. The summed E-state index contributed by atoms with van der Waals surface area (Å²) in [5, 5.41) is 0.408. The number of benzene rings is 2. The number of hydrogen-bond acceptors (Lipinski definition) is 2. The van der Waals surface area contributed by atoms with E-state index in [1.807, 2.05) is 0 Å². The van der Waals surface area contributed by atoms with Crippen LogP contribution in [0.5, 0.6) is 5.75 Å². The number of carbonyl (C=O) groups excluding carboxylic acids is 1. The number of rotatable bonds is 4. The van der Waals surface area contributed by atoms with Gasteiger partial charge in [-0.05, 0) is 37.3 Å². The Hall–Kier alpha value is -2.01. The van der Waals surface area contributed by atoms with E-state index in [9.17, 15) is 18.0 Å². The van der Waals surface area contributed by atoms with Crippen LogP contribution in [0.25, 0.3) is 0 Å². The van der Waals surface area contributed by atoms with Crippen LogP contribution >= 0.6 is 11.6 Å². The van der Waals surface area contributed by atoms with Crippen LogP contribution in [0.2, 0.25) is 5.02 Å². The van der Waals surface area contributed by atoms with E-state index in [-0.39, 0.29) is 0 Å². The molecule has 0 aliphatic heterocycles. The van der Waals surface area contributed by atoms with E-state index in [1.165, 1.54) is 13.0 Å². The molecule has 1 unspecified atom stereocenters. The van der Waals surface area contributed by atoms with Gasteiger partial charge in [0, 0.05) is 5.02 Å². The van der Waals surface area contributed by atoms with Gasteiger partial charge in [0.1, 0.15) is 5.75 Å². The monoisotopic (exact) mass is 314 g/mol. The van der Waals surface area contributed by atoms with E-state index in [0.717, 1.165) is 6.07 Å². The van der Waals surface area contributed by atoms with Gasteiger partial charge in [-0.2, -0.15) is 0 Å². The van der Waals surface area contributed by atoms with Gasteiger partial charge >= 0.3 is 0 Å². The zero-order valence-electron chi connectivity index (χ0n) is 10.9. The van der Waals surface area contributed by atoms with Crippen molar-refractivity contribution < 1.29 is 22.7 Å². The average molecular weight is 315 g/mol. The van der Waals surface area contributed by atoms with E-state index in [4.69, 9.17) is 16.3 Å². The van der Waals surface area contributed by atoms with Gasteiger partial charge in [0.15, 0.2) is 23.6 Å². The molecule has 0 spiro atoms. The Balaban J connectivity index is 2.22. The van der Waals surface area contributed by atoms with Crippen LogP contribution in [0.4, 0.5) is 13.2 Å². The highest BCUT2D eigenvalue weighted by molar-refractivity contribution is 6.30. The molecule has 0 heterocycles. The predicted molar refractivity (Wildman–Crippen MR) is 72.2 cm³/mol. The molecule has 2 rings (SSSR count). The minimum atomic E-state index is -1.68. The topological polar surface area (TPSA) is 26.3 Å².